The van der Waals surface area contributed by atoms with Gasteiger partial charge in [0.25, 0.3) is 0 Å². The van der Waals surface area contributed by atoms with Crippen molar-refractivity contribution < 1.29 is 27.9 Å². The Labute approximate surface area is 111 Å². The average Bonchev–Trinajstić information content (AvgIpc) is 2.74. The highest BCUT2D eigenvalue weighted by molar-refractivity contribution is 7.87. The fraction of sp³-hybridized carbons (Fsp3) is 0.800. The van der Waals surface area contributed by atoms with Crippen LogP contribution in [0.4, 0.5) is 4.79 Å². The van der Waals surface area contributed by atoms with Crippen molar-refractivity contribution in [1.82, 2.24) is 9.03 Å². The molecule has 0 aromatic rings. The third kappa shape index (κ3) is 2.98. The lowest BCUT2D eigenvalue weighted by molar-refractivity contribution is -0.147. The fourth-order valence-electron chi connectivity index (χ4n) is 2.24. The van der Waals surface area contributed by atoms with Gasteiger partial charge in [0, 0.05) is 6.54 Å². The van der Waals surface area contributed by atoms with E-state index in [0.717, 1.165) is 4.31 Å². The maximum absolute atomic E-state index is 12.0. The summed E-state index contributed by atoms with van der Waals surface area (Å²) in [6.45, 7) is 3.23. The topological polar surface area (TPSA) is 113 Å². The van der Waals surface area contributed by atoms with Gasteiger partial charge in [-0.25, -0.2) is 9.52 Å². The maximum Gasteiger partial charge on any atom is 0.421 e. The molecule has 0 saturated carbocycles. The highest BCUT2D eigenvalue weighted by Crippen LogP contribution is 2.34. The van der Waals surface area contributed by atoms with Gasteiger partial charge >= 0.3 is 22.3 Å². The Balaban J connectivity index is 3.00. The second-order valence-electron chi connectivity index (χ2n) is 4.19. The second kappa shape index (κ2) is 5.74. The molecule has 1 heterocycles. The number of hydrogen-bond donors (Lipinski definition) is 2. The molecule has 1 rings (SSSR count). The van der Waals surface area contributed by atoms with Gasteiger partial charge < -0.3 is 9.84 Å². The number of nitrogens with zero attached hydrogens (tertiary/aromatic N) is 1. The normalized spacial score (nSPS) is 24.1. The Morgan fingerprint density at radius 2 is 2.05 bits per heavy atom. The van der Waals surface area contributed by atoms with Crippen LogP contribution in [0.3, 0.4) is 0 Å². The van der Waals surface area contributed by atoms with Gasteiger partial charge in [0.2, 0.25) is 0 Å². The lowest BCUT2D eigenvalue weighted by Gasteiger charge is -2.32. The van der Waals surface area contributed by atoms with Crippen molar-refractivity contribution in [1.29, 1.82) is 0 Å². The molecule has 110 valence electrons. The van der Waals surface area contributed by atoms with Crippen molar-refractivity contribution in [3.05, 3.63) is 0 Å². The lowest BCUT2D eigenvalue weighted by atomic mass is 9.95. The number of hydrogen-bond acceptors (Lipinski definition) is 5. The molecule has 9 heteroatoms. The first-order chi connectivity index (χ1) is 8.80. The molecule has 0 aromatic heterocycles. The fourth-order valence-corrected chi connectivity index (χ4v) is 3.75. The average molecular weight is 294 g/mol. The molecule has 1 saturated heterocycles. The minimum atomic E-state index is -4.22. The number of nitrogens with one attached hydrogen (secondary N) is 1. The van der Waals surface area contributed by atoms with Crippen LogP contribution in [0.25, 0.3) is 0 Å². The monoisotopic (exact) mass is 294 g/mol. The van der Waals surface area contributed by atoms with Gasteiger partial charge in [-0.2, -0.15) is 12.7 Å². The molecule has 0 bridgehead atoms. The van der Waals surface area contributed by atoms with Crippen molar-refractivity contribution >= 4 is 22.3 Å². The summed E-state index contributed by atoms with van der Waals surface area (Å²) >= 11 is 0. The van der Waals surface area contributed by atoms with Crippen LogP contribution < -0.4 is 4.72 Å². The minimum absolute atomic E-state index is 0.0270. The van der Waals surface area contributed by atoms with Crippen molar-refractivity contribution in [2.24, 2.45) is 0 Å². The molecule has 0 radical (unpaired) electrons. The first kappa shape index (κ1) is 15.7. The number of carboxylic acids is 1. The highest BCUT2D eigenvalue weighted by Gasteiger charge is 2.52. The van der Waals surface area contributed by atoms with Crippen molar-refractivity contribution in [3.8, 4) is 0 Å². The number of rotatable bonds is 5. The molecule has 0 aliphatic carbocycles. The number of carbonyl (C=O) groups excluding carboxylic acids is 1. The summed E-state index contributed by atoms with van der Waals surface area (Å²) in [6.07, 6.45) is -0.316. The van der Waals surface area contributed by atoms with E-state index in [9.17, 15) is 23.1 Å². The van der Waals surface area contributed by atoms with Gasteiger partial charge in [-0.3, -0.25) is 4.79 Å². The third-order valence-electron chi connectivity index (χ3n) is 3.19. The molecule has 19 heavy (non-hydrogen) atoms. The van der Waals surface area contributed by atoms with Crippen LogP contribution in [0.15, 0.2) is 0 Å². The van der Waals surface area contributed by atoms with Gasteiger partial charge in [0.15, 0.2) is 0 Å². The first-order valence-electron chi connectivity index (χ1n) is 6.01. The van der Waals surface area contributed by atoms with Crippen LogP contribution in [-0.2, 0) is 19.7 Å². The highest BCUT2D eigenvalue weighted by atomic mass is 32.2. The minimum Gasteiger partial charge on any atom is -0.480 e. The van der Waals surface area contributed by atoms with E-state index in [2.05, 4.69) is 4.74 Å². The van der Waals surface area contributed by atoms with Gasteiger partial charge in [-0.05, 0) is 26.2 Å². The largest absolute Gasteiger partial charge is 0.480 e. The predicted octanol–water partition coefficient (Wildman–Crippen LogP) is 0.306. The molecular formula is C10H18N2O6S. The Bertz CT molecular complexity index is 463. The number of carbonyl (C=O) groups is 2. The molecule has 2 N–H and O–H groups in total. The van der Waals surface area contributed by atoms with Crippen LogP contribution in [0.1, 0.15) is 33.1 Å². The van der Waals surface area contributed by atoms with Crippen molar-refractivity contribution in [2.75, 3.05) is 13.2 Å². The molecular weight excluding hydrogens is 276 g/mol. The second-order valence-corrected chi connectivity index (χ2v) is 5.79. The number of ether oxygens (including phenoxy) is 1. The summed E-state index contributed by atoms with van der Waals surface area (Å²) in [7, 11) is -4.22. The molecule has 1 amide bonds. The SMILES string of the molecule is CCOC(=O)NS(=O)(=O)N1CCCC1(CC)C(=O)O. The van der Waals surface area contributed by atoms with E-state index >= 15 is 0 Å². The predicted molar refractivity (Wildman–Crippen MR) is 65.7 cm³/mol. The van der Waals surface area contributed by atoms with E-state index < -0.39 is 27.8 Å². The van der Waals surface area contributed by atoms with E-state index in [0.29, 0.717) is 6.42 Å². The maximum atomic E-state index is 12.0. The zero-order chi connectivity index (χ0) is 14.7. The molecule has 1 unspecified atom stereocenters. The van der Waals surface area contributed by atoms with Gasteiger partial charge in [0.1, 0.15) is 5.54 Å². The first-order valence-corrected chi connectivity index (χ1v) is 7.45. The zero-order valence-electron chi connectivity index (χ0n) is 10.9. The Hall–Kier alpha value is -1.35. The Morgan fingerprint density at radius 3 is 2.53 bits per heavy atom. The third-order valence-corrected chi connectivity index (χ3v) is 4.73. The summed E-state index contributed by atoms with van der Waals surface area (Å²) in [5.41, 5.74) is -1.49. The summed E-state index contributed by atoms with van der Waals surface area (Å²) in [5, 5.41) is 9.28. The molecule has 1 aliphatic rings. The standard InChI is InChI=1S/C10H18N2O6S/c1-3-10(8(13)14)6-5-7-12(10)19(16,17)11-9(15)18-4-2/h3-7H2,1-2H3,(H,11,15)(H,13,14). The summed E-state index contributed by atoms with van der Waals surface area (Å²) in [5.74, 6) is -1.21. The Morgan fingerprint density at radius 1 is 1.42 bits per heavy atom. The lowest BCUT2D eigenvalue weighted by Crippen LogP contribution is -2.56. The summed E-state index contributed by atoms with van der Waals surface area (Å²) in [6, 6.07) is 0. The molecule has 0 aromatic carbocycles. The summed E-state index contributed by atoms with van der Waals surface area (Å²) < 4.78 is 31.1. The van der Waals surface area contributed by atoms with Crippen LogP contribution >= 0.6 is 0 Å². The van der Waals surface area contributed by atoms with E-state index in [1.54, 1.807) is 11.6 Å². The molecule has 0 spiro atoms. The molecule has 1 fully saturated rings. The van der Waals surface area contributed by atoms with Gasteiger partial charge in [-0.15, -0.1) is 0 Å². The molecule has 1 atom stereocenters. The van der Waals surface area contributed by atoms with Crippen molar-refractivity contribution in [3.63, 3.8) is 0 Å². The molecule has 8 nitrogen and oxygen atoms in total. The smallest absolute Gasteiger partial charge is 0.421 e. The van der Waals surface area contributed by atoms with E-state index in [1.165, 1.54) is 6.92 Å². The number of aliphatic carboxylic acids is 1. The van der Waals surface area contributed by atoms with Crippen LogP contribution in [0.5, 0.6) is 0 Å². The number of amides is 1. The van der Waals surface area contributed by atoms with E-state index in [1.807, 2.05) is 0 Å². The molecule has 1 aliphatic heterocycles. The van der Waals surface area contributed by atoms with Gasteiger partial charge in [-0.1, -0.05) is 6.92 Å². The van der Waals surface area contributed by atoms with Crippen LogP contribution in [0.2, 0.25) is 0 Å². The van der Waals surface area contributed by atoms with Gasteiger partial charge in [0.05, 0.1) is 6.61 Å². The Kier molecular flexibility index (Phi) is 4.75. The number of carboxylic acid groups (broad SMARTS) is 1. The van der Waals surface area contributed by atoms with Crippen LogP contribution in [-0.4, -0.2) is 48.6 Å². The van der Waals surface area contributed by atoms with Crippen LogP contribution in [0, 0.1) is 0 Å². The zero-order valence-corrected chi connectivity index (χ0v) is 11.7. The van der Waals surface area contributed by atoms with Crippen molar-refractivity contribution in [2.45, 2.75) is 38.6 Å². The quantitative estimate of drug-likeness (QED) is 0.754. The van der Waals surface area contributed by atoms with E-state index in [4.69, 9.17) is 0 Å². The summed E-state index contributed by atoms with van der Waals surface area (Å²) in [4.78, 5) is 22.6. The van der Waals surface area contributed by atoms with E-state index in [-0.39, 0.29) is 26.0 Å².